The van der Waals surface area contributed by atoms with Crippen molar-refractivity contribution in [3.8, 4) is 0 Å². The van der Waals surface area contributed by atoms with Gasteiger partial charge in [-0.25, -0.2) is 0 Å². The van der Waals surface area contributed by atoms with Crippen molar-refractivity contribution in [2.45, 2.75) is 46.1 Å². The maximum atomic E-state index is 11.3. The van der Waals surface area contributed by atoms with Crippen LogP contribution in [0.15, 0.2) is 12.2 Å². The average Bonchev–Trinajstić information content (AvgIpc) is 2.12. The fourth-order valence-electron chi connectivity index (χ4n) is 1.74. The first-order valence-corrected chi connectivity index (χ1v) is 5.51. The summed E-state index contributed by atoms with van der Waals surface area (Å²) in [7, 11) is 0. The van der Waals surface area contributed by atoms with E-state index in [-0.39, 0.29) is 11.2 Å². The van der Waals surface area contributed by atoms with Crippen LogP contribution in [0.5, 0.6) is 0 Å². The molecule has 0 aliphatic heterocycles. The third-order valence-corrected chi connectivity index (χ3v) is 2.92. The Morgan fingerprint density at radius 3 is 2.93 bits per heavy atom. The number of unbranched alkanes of at least 4 members (excludes halogenated alkanes) is 1. The molecule has 0 aromatic carbocycles. The van der Waals surface area contributed by atoms with Gasteiger partial charge in [-0.2, -0.15) is 0 Å². The highest BCUT2D eigenvalue weighted by Crippen LogP contribution is 2.28. The number of rotatable bonds is 4. The van der Waals surface area contributed by atoms with E-state index in [0.29, 0.717) is 12.5 Å². The molecule has 0 saturated heterocycles. The van der Waals surface area contributed by atoms with E-state index < -0.39 is 0 Å². The predicted octanol–water partition coefficient (Wildman–Crippen LogP) is 2.30. The van der Waals surface area contributed by atoms with E-state index in [2.05, 4.69) is 26.1 Å². The van der Waals surface area contributed by atoms with E-state index >= 15 is 0 Å². The highest BCUT2D eigenvalue weighted by atomic mass is 16.1. The smallest absolute Gasteiger partial charge is 0.156 e. The number of allylic oxidation sites excluding steroid dienone is 1. The third kappa shape index (κ3) is 2.95. The first kappa shape index (κ1) is 11.4. The van der Waals surface area contributed by atoms with Gasteiger partial charge in [-0.1, -0.05) is 33.3 Å². The molecule has 14 heavy (non-hydrogen) atoms. The largest absolute Gasteiger partial charge is 0.313 e. The van der Waals surface area contributed by atoms with Gasteiger partial charge >= 0.3 is 0 Å². The number of carbonyl (C=O) groups excluding carboxylic acids is 1. The number of hydrogen-bond donors (Lipinski definition) is 1. The Balaban J connectivity index is 2.50. The molecule has 0 amide bonds. The quantitative estimate of drug-likeness (QED) is 0.697. The van der Waals surface area contributed by atoms with Crippen molar-refractivity contribution in [2.75, 3.05) is 6.54 Å². The van der Waals surface area contributed by atoms with E-state index in [1.807, 2.05) is 6.08 Å². The van der Waals surface area contributed by atoms with Crippen LogP contribution in [0.2, 0.25) is 0 Å². The van der Waals surface area contributed by atoms with Crippen molar-refractivity contribution in [3.63, 3.8) is 0 Å². The van der Waals surface area contributed by atoms with Gasteiger partial charge in [-0.3, -0.25) is 4.79 Å². The van der Waals surface area contributed by atoms with E-state index in [1.165, 1.54) is 12.8 Å². The number of nitrogens with one attached hydrogen (secondary N) is 1. The summed E-state index contributed by atoms with van der Waals surface area (Å²) in [5.74, 6) is 0.248. The number of hydrogen-bond acceptors (Lipinski definition) is 2. The van der Waals surface area contributed by atoms with E-state index in [4.69, 9.17) is 0 Å². The second kappa shape index (κ2) is 4.74. The van der Waals surface area contributed by atoms with Crippen molar-refractivity contribution in [1.29, 1.82) is 0 Å². The summed E-state index contributed by atoms with van der Waals surface area (Å²) in [5.41, 5.74) is 0.113. The highest BCUT2D eigenvalue weighted by Gasteiger charge is 2.31. The van der Waals surface area contributed by atoms with Gasteiger partial charge in [0.25, 0.3) is 0 Å². The molecule has 0 spiro atoms. The van der Waals surface area contributed by atoms with Gasteiger partial charge in [0.1, 0.15) is 0 Å². The lowest BCUT2D eigenvalue weighted by atomic mass is 9.77. The van der Waals surface area contributed by atoms with Crippen LogP contribution in [0, 0.1) is 5.41 Å². The average molecular weight is 195 g/mol. The zero-order valence-electron chi connectivity index (χ0n) is 9.47. The summed E-state index contributed by atoms with van der Waals surface area (Å²) in [6.45, 7) is 7.56. The summed E-state index contributed by atoms with van der Waals surface area (Å²) in [6, 6.07) is 0.312. The van der Waals surface area contributed by atoms with Gasteiger partial charge in [0.2, 0.25) is 0 Å². The molecule has 0 radical (unpaired) electrons. The van der Waals surface area contributed by atoms with Gasteiger partial charge in [-0.05, 0) is 24.5 Å². The highest BCUT2D eigenvalue weighted by molar-refractivity contribution is 5.91. The van der Waals surface area contributed by atoms with Crippen molar-refractivity contribution in [1.82, 2.24) is 5.32 Å². The first-order chi connectivity index (χ1) is 6.56. The lowest BCUT2D eigenvalue weighted by molar-refractivity contribution is -0.116. The second-order valence-electron chi connectivity index (χ2n) is 4.69. The van der Waals surface area contributed by atoms with Gasteiger partial charge in [-0.15, -0.1) is 0 Å². The fraction of sp³-hybridized carbons (Fsp3) is 0.750. The van der Waals surface area contributed by atoms with Crippen LogP contribution in [-0.2, 0) is 4.79 Å². The Bertz CT molecular complexity index is 230. The van der Waals surface area contributed by atoms with Crippen LogP contribution in [0.3, 0.4) is 0 Å². The third-order valence-electron chi connectivity index (χ3n) is 2.92. The molecule has 0 heterocycles. The molecule has 0 aromatic rings. The molecule has 1 rings (SSSR count). The molecule has 80 valence electrons. The van der Waals surface area contributed by atoms with Crippen LogP contribution in [-0.4, -0.2) is 18.4 Å². The van der Waals surface area contributed by atoms with Gasteiger partial charge < -0.3 is 5.32 Å². The molecule has 2 heteroatoms. The number of ketones is 1. The molecule has 1 aliphatic rings. The molecular formula is C12H21NO. The van der Waals surface area contributed by atoms with Crippen molar-refractivity contribution in [2.24, 2.45) is 5.41 Å². The zero-order valence-corrected chi connectivity index (χ0v) is 9.47. The van der Waals surface area contributed by atoms with Crippen LogP contribution >= 0.6 is 0 Å². The summed E-state index contributed by atoms with van der Waals surface area (Å²) in [6.07, 6.45) is 6.78. The van der Waals surface area contributed by atoms with E-state index in [0.717, 1.165) is 6.54 Å². The second-order valence-corrected chi connectivity index (χ2v) is 4.69. The van der Waals surface area contributed by atoms with Crippen molar-refractivity contribution >= 4 is 5.78 Å². The van der Waals surface area contributed by atoms with Crippen LogP contribution in [0.1, 0.15) is 40.0 Å². The first-order valence-electron chi connectivity index (χ1n) is 5.51. The van der Waals surface area contributed by atoms with Gasteiger partial charge in [0, 0.05) is 12.5 Å². The topological polar surface area (TPSA) is 29.1 Å². The SMILES string of the molecule is CCCCNC1CC(=O)C=CC1(C)C. The Hall–Kier alpha value is -0.630. The summed E-state index contributed by atoms with van der Waals surface area (Å²) in [4.78, 5) is 11.3. The molecule has 0 saturated carbocycles. The number of carbonyl (C=O) groups is 1. The van der Waals surface area contributed by atoms with Crippen LogP contribution < -0.4 is 5.32 Å². The molecule has 1 aliphatic carbocycles. The maximum absolute atomic E-state index is 11.3. The van der Waals surface area contributed by atoms with Gasteiger partial charge in [0.15, 0.2) is 5.78 Å². The van der Waals surface area contributed by atoms with Crippen molar-refractivity contribution in [3.05, 3.63) is 12.2 Å². The Morgan fingerprint density at radius 2 is 2.29 bits per heavy atom. The Kier molecular flexibility index (Phi) is 3.87. The summed E-state index contributed by atoms with van der Waals surface area (Å²) in [5, 5.41) is 3.47. The van der Waals surface area contributed by atoms with Crippen LogP contribution in [0.25, 0.3) is 0 Å². The molecule has 2 nitrogen and oxygen atoms in total. The molecular weight excluding hydrogens is 174 g/mol. The maximum Gasteiger partial charge on any atom is 0.156 e. The van der Waals surface area contributed by atoms with Gasteiger partial charge in [0.05, 0.1) is 0 Å². The fourth-order valence-corrected chi connectivity index (χ4v) is 1.74. The van der Waals surface area contributed by atoms with Crippen molar-refractivity contribution < 1.29 is 4.79 Å². The monoisotopic (exact) mass is 195 g/mol. The Labute approximate surface area is 86.8 Å². The molecule has 1 atom stereocenters. The normalized spacial score (nSPS) is 25.4. The van der Waals surface area contributed by atoms with E-state index in [1.54, 1.807) is 6.08 Å². The Morgan fingerprint density at radius 1 is 1.57 bits per heavy atom. The molecule has 1 N–H and O–H groups in total. The molecule has 0 bridgehead atoms. The molecule has 0 fully saturated rings. The molecule has 1 unspecified atom stereocenters. The minimum Gasteiger partial charge on any atom is -0.313 e. The molecule has 0 aromatic heterocycles. The lowest BCUT2D eigenvalue weighted by Crippen LogP contribution is -2.44. The van der Waals surface area contributed by atoms with Crippen LogP contribution in [0.4, 0.5) is 0 Å². The summed E-state index contributed by atoms with van der Waals surface area (Å²) >= 11 is 0. The van der Waals surface area contributed by atoms with E-state index in [9.17, 15) is 4.79 Å². The standard InChI is InChI=1S/C12H21NO/c1-4-5-8-13-11-9-10(14)6-7-12(11,2)3/h6-7,11,13H,4-5,8-9H2,1-3H3. The summed E-state index contributed by atoms with van der Waals surface area (Å²) < 4.78 is 0. The minimum absolute atomic E-state index is 0.113. The lowest BCUT2D eigenvalue weighted by Gasteiger charge is -2.34. The zero-order chi connectivity index (χ0) is 10.6. The predicted molar refractivity (Wildman–Crippen MR) is 59.2 cm³/mol. The minimum atomic E-state index is 0.113.